The van der Waals surface area contributed by atoms with E-state index in [-0.39, 0.29) is 24.3 Å². The van der Waals surface area contributed by atoms with E-state index in [0.29, 0.717) is 5.76 Å². The van der Waals surface area contributed by atoms with Crippen molar-refractivity contribution < 1.29 is 13.9 Å². The van der Waals surface area contributed by atoms with Gasteiger partial charge in [0.15, 0.2) is 5.76 Å². The second-order valence-electron chi connectivity index (χ2n) is 6.45. The highest BCUT2D eigenvalue weighted by Crippen LogP contribution is 2.21. The number of para-hydroxylation sites is 1. The average Bonchev–Trinajstić information content (AvgIpc) is 3.37. The molecule has 3 rings (SSSR count). The maximum absolute atomic E-state index is 12.4. The molecule has 1 atom stereocenters. The van der Waals surface area contributed by atoms with E-state index in [9.17, 15) is 4.79 Å². The Balaban J connectivity index is 1.59. The maximum atomic E-state index is 12.4. The first kappa shape index (κ1) is 19.5. The summed E-state index contributed by atoms with van der Waals surface area (Å²) in [7, 11) is 0. The molecule has 0 radical (unpaired) electrons. The van der Waals surface area contributed by atoms with Gasteiger partial charge >= 0.3 is 0 Å². The summed E-state index contributed by atoms with van der Waals surface area (Å²) >= 11 is 0. The van der Waals surface area contributed by atoms with Crippen LogP contribution in [-0.2, 0) is 19.6 Å². The van der Waals surface area contributed by atoms with Crippen molar-refractivity contribution >= 4 is 5.91 Å². The minimum absolute atomic E-state index is 0.212. The molecule has 1 N–H and O–H groups in total. The maximum Gasteiger partial charge on any atom is 0.287 e. The van der Waals surface area contributed by atoms with Crippen LogP contribution in [0.1, 0.15) is 47.5 Å². The van der Waals surface area contributed by atoms with Crippen molar-refractivity contribution in [1.29, 1.82) is 0 Å². The molecule has 0 saturated carbocycles. The monoisotopic (exact) mass is 379 g/mol. The summed E-state index contributed by atoms with van der Waals surface area (Å²) in [4.78, 5) is 12.4. The predicted molar refractivity (Wildman–Crippen MR) is 107 cm³/mol. The van der Waals surface area contributed by atoms with Crippen molar-refractivity contribution in [3.63, 3.8) is 0 Å². The molecule has 1 amide bonds. The van der Waals surface area contributed by atoms with Crippen LogP contribution in [0.25, 0.3) is 0 Å². The summed E-state index contributed by atoms with van der Waals surface area (Å²) in [6.45, 7) is 8.71. The average molecular weight is 379 g/mol. The lowest BCUT2D eigenvalue weighted by atomic mass is 10.1. The molecule has 0 spiro atoms. The van der Waals surface area contributed by atoms with Crippen LogP contribution in [-0.4, -0.2) is 15.7 Å². The van der Waals surface area contributed by atoms with E-state index >= 15 is 0 Å². The summed E-state index contributed by atoms with van der Waals surface area (Å²) < 4.78 is 13.3. The summed E-state index contributed by atoms with van der Waals surface area (Å²) in [6.07, 6.45) is 4.46. The first-order valence-corrected chi connectivity index (χ1v) is 9.35. The Labute approximate surface area is 164 Å². The van der Waals surface area contributed by atoms with Gasteiger partial charge in [0.25, 0.3) is 5.91 Å². The highest BCUT2D eigenvalue weighted by atomic mass is 16.5. The molecule has 2 aromatic heterocycles. The van der Waals surface area contributed by atoms with E-state index in [1.807, 2.05) is 61.1 Å². The van der Waals surface area contributed by atoms with Gasteiger partial charge in [0, 0.05) is 12.7 Å². The minimum Gasteiger partial charge on any atom is -0.485 e. The molecular weight excluding hydrogens is 354 g/mol. The van der Waals surface area contributed by atoms with E-state index in [1.165, 1.54) is 0 Å². The van der Waals surface area contributed by atoms with Gasteiger partial charge in [-0.05, 0) is 50.1 Å². The number of aryl methyl sites for hydroxylation is 1. The van der Waals surface area contributed by atoms with Crippen molar-refractivity contribution in [3.05, 3.63) is 84.1 Å². The lowest BCUT2D eigenvalue weighted by Crippen LogP contribution is -2.26. The summed E-state index contributed by atoms with van der Waals surface area (Å²) in [6, 6.07) is 12.9. The van der Waals surface area contributed by atoms with Gasteiger partial charge in [0.1, 0.15) is 18.1 Å². The Morgan fingerprint density at radius 3 is 2.89 bits per heavy atom. The number of amides is 1. The smallest absolute Gasteiger partial charge is 0.287 e. The normalized spacial score (nSPS) is 11.8. The number of aromatic nitrogens is 2. The molecule has 28 heavy (non-hydrogen) atoms. The topological polar surface area (TPSA) is 69.3 Å². The predicted octanol–water partition coefficient (Wildman–Crippen LogP) is 4.29. The Bertz CT molecular complexity index is 942. The molecule has 0 fully saturated rings. The van der Waals surface area contributed by atoms with Gasteiger partial charge in [-0.3, -0.25) is 9.48 Å². The van der Waals surface area contributed by atoms with Gasteiger partial charge < -0.3 is 14.5 Å². The first-order valence-electron chi connectivity index (χ1n) is 9.35. The van der Waals surface area contributed by atoms with Crippen LogP contribution in [0.3, 0.4) is 0 Å². The van der Waals surface area contributed by atoms with Crippen molar-refractivity contribution in [2.24, 2.45) is 0 Å². The van der Waals surface area contributed by atoms with Crippen molar-refractivity contribution in [3.8, 4) is 5.75 Å². The van der Waals surface area contributed by atoms with E-state index in [1.54, 1.807) is 12.1 Å². The number of ether oxygens (including phenoxy) is 1. The molecule has 0 saturated heterocycles. The van der Waals surface area contributed by atoms with E-state index in [4.69, 9.17) is 9.15 Å². The van der Waals surface area contributed by atoms with E-state index in [0.717, 1.165) is 30.0 Å². The molecule has 146 valence electrons. The quantitative estimate of drug-likeness (QED) is 0.563. The fraction of sp³-hybridized carbons (Fsp3) is 0.273. The number of hydrogen-bond donors (Lipinski definition) is 1. The SMILES string of the molecule is C=CCc1ccccc1OCc1ccc(C(=O)NC(C)c2ccn(CC)n2)o1. The number of benzene rings is 1. The molecular formula is C22H25N3O3. The number of carbonyl (C=O) groups excluding carboxylic acids is 1. The van der Waals surface area contributed by atoms with Gasteiger partial charge in [-0.15, -0.1) is 6.58 Å². The Morgan fingerprint density at radius 1 is 1.32 bits per heavy atom. The number of carbonyl (C=O) groups is 1. The standard InChI is InChI=1S/C22H25N3O3/c1-4-8-17-9-6-7-10-20(17)27-15-18-11-12-21(28-18)22(26)23-16(3)19-13-14-25(5-2)24-19/h4,6-7,9-14,16H,1,5,8,15H2,2-3H3,(H,23,26). The molecule has 0 aliphatic carbocycles. The fourth-order valence-electron chi connectivity index (χ4n) is 2.82. The summed E-state index contributed by atoms with van der Waals surface area (Å²) in [5, 5.41) is 7.31. The molecule has 6 heteroatoms. The Hall–Kier alpha value is -3.28. The minimum atomic E-state index is -0.281. The van der Waals surface area contributed by atoms with E-state index < -0.39 is 0 Å². The third-order valence-corrected chi connectivity index (χ3v) is 4.37. The lowest BCUT2D eigenvalue weighted by molar-refractivity contribution is 0.0907. The zero-order valence-electron chi connectivity index (χ0n) is 16.2. The number of nitrogens with zero attached hydrogens (tertiary/aromatic N) is 2. The first-order chi connectivity index (χ1) is 13.6. The van der Waals surface area contributed by atoms with Crippen molar-refractivity contribution in [2.75, 3.05) is 0 Å². The largest absolute Gasteiger partial charge is 0.485 e. The second-order valence-corrected chi connectivity index (χ2v) is 6.45. The molecule has 1 unspecified atom stereocenters. The highest BCUT2D eigenvalue weighted by Gasteiger charge is 2.17. The number of hydrogen-bond acceptors (Lipinski definition) is 4. The van der Waals surface area contributed by atoms with Gasteiger partial charge in [0.2, 0.25) is 0 Å². The van der Waals surface area contributed by atoms with Crippen LogP contribution in [0, 0.1) is 0 Å². The number of allylic oxidation sites excluding steroid dienone is 1. The zero-order chi connectivity index (χ0) is 19.9. The molecule has 0 aliphatic rings. The molecule has 3 aromatic rings. The lowest BCUT2D eigenvalue weighted by Gasteiger charge is -2.10. The van der Waals surface area contributed by atoms with Gasteiger partial charge in [-0.1, -0.05) is 24.3 Å². The van der Waals surface area contributed by atoms with Gasteiger partial charge in [-0.2, -0.15) is 5.10 Å². The third-order valence-electron chi connectivity index (χ3n) is 4.37. The van der Waals surface area contributed by atoms with Gasteiger partial charge in [0.05, 0.1) is 11.7 Å². The van der Waals surface area contributed by atoms with Crippen LogP contribution >= 0.6 is 0 Å². The van der Waals surface area contributed by atoms with Gasteiger partial charge in [-0.25, -0.2) is 0 Å². The Morgan fingerprint density at radius 2 is 2.14 bits per heavy atom. The Kier molecular flexibility index (Phi) is 6.32. The number of furan rings is 1. The van der Waals surface area contributed by atoms with Crippen molar-refractivity contribution in [1.82, 2.24) is 15.1 Å². The zero-order valence-corrected chi connectivity index (χ0v) is 16.2. The van der Waals surface area contributed by atoms with Crippen LogP contribution in [0.2, 0.25) is 0 Å². The number of rotatable bonds is 9. The second kappa shape index (κ2) is 9.08. The highest BCUT2D eigenvalue weighted by molar-refractivity contribution is 5.91. The third kappa shape index (κ3) is 4.71. The van der Waals surface area contributed by atoms with E-state index in [2.05, 4.69) is 17.0 Å². The molecule has 6 nitrogen and oxygen atoms in total. The van der Waals surface area contributed by atoms with Crippen molar-refractivity contribution in [2.45, 2.75) is 39.5 Å². The van der Waals surface area contributed by atoms with Crippen LogP contribution < -0.4 is 10.1 Å². The molecule has 0 aliphatic heterocycles. The molecule has 0 bridgehead atoms. The summed E-state index contributed by atoms with van der Waals surface area (Å²) in [5.41, 5.74) is 1.87. The van der Waals surface area contributed by atoms with Crippen LogP contribution in [0.15, 0.2) is 65.7 Å². The number of nitrogens with one attached hydrogen (secondary N) is 1. The molecule has 1 aromatic carbocycles. The summed E-state index contributed by atoms with van der Waals surface area (Å²) in [5.74, 6) is 1.34. The fourth-order valence-corrected chi connectivity index (χ4v) is 2.82. The van der Waals surface area contributed by atoms with Crippen LogP contribution in [0.5, 0.6) is 5.75 Å². The molecule has 2 heterocycles. The van der Waals surface area contributed by atoms with Crippen LogP contribution in [0.4, 0.5) is 0 Å².